The van der Waals surface area contributed by atoms with Crippen molar-refractivity contribution in [3.63, 3.8) is 0 Å². The van der Waals surface area contributed by atoms with Gasteiger partial charge in [-0.05, 0) is 11.1 Å². The van der Waals surface area contributed by atoms with Gasteiger partial charge in [-0.2, -0.15) is 0 Å². The zero-order chi connectivity index (χ0) is 15.0. The molecule has 0 saturated heterocycles. The molecule has 0 amide bonds. The highest BCUT2D eigenvalue weighted by Gasteiger charge is 2.22. The van der Waals surface area contributed by atoms with Crippen LogP contribution in [0.4, 0.5) is 0 Å². The second-order valence-electron chi connectivity index (χ2n) is 3.65. The minimum Gasteiger partial charge on any atom is -0.489 e. The first kappa shape index (κ1) is 16.3. The van der Waals surface area contributed by atoms with Crippen LogP contribution in [0.25, 0.3) is 5.57 Å². The molecular weight excluding hydrogens is 276 g/mol. The van der Waals surface area contributed by atoms with Gasteiger partial charge < -0.3 is 9.47 Å². The molecule has 0 bridgehead atoms. The number of ether oxygens (including phenoxy) is 2. The molecule has 5 heteroatoms. The Hall–Kier alpha value is -1.75. The maximum absolute atomic E-state index is 11.8. The van der Waals surface area contributed by atoms with Crippen LogP contribution in [0.5, 0.6) is 0 Å². The molecule has 0 aliphatic carbocycles. The van der Waals surface area contributed by atoms with Crippen molar-refractivity contribution >= 4 is 28.4 Å². The van der Waals surface area contributed by atoms with Gasteiger partial charge in [0.05, 0.1) is 18.9 Å². The van der Waals surface area contributed by atoms with Gasteiger partial charge in [0, 0.05) is 5.75 Å². The molecule has 1 aliphatic heterocycles. The lowest BCUT2D eigenvalue weighted by Gasteiger charge is -2.16. The Morgan fingerprint density at radius 1 is 1.35 bits per heavy atom. The Morgan fingerprint density at radius 2 is 2.05 bits per heavy atom. The van der Waals surface area contributed by atoms with Gasteiger partial charge in [-0.1, -0.05) is 49.9 Å². The second-order valence-corrected chi connectivity index (χ2v) is 4.60. The summed E-state index contributed by atoms with van der Waals surface area (Å²) in [5, 5.41) is -0.0430. The lowest BCUT2D eigenvalue weighted by Crippen LogP contribution is -2.10. The van der Waals surface area contributed by atoms with Crippen molar-refractivity contribution in [2.24, 2.45) is 0 Å². The molecule has 1 heterocycles. The molecule has 2 rings (SSSR count). The number of hydrogen-bond donors (Lipinski definition) is 0. The predicted molar refractivity (Wildman–Crippen MR) is 80.0 cm³/mol. The molecule has 4 nitrogen and oxygen atoms in total. The Balaban J connectivity index is 0.000000956. The van der Waals surface area contributed by atoms with E-state index < -0.39 is 5.97 Å². The first-order valence-electron chi connectivity index (χ1n) is 6.36. The largest absolute Gasteiger partial charge is 0.489 e. The predicted octanol–water partition coefficient (Wildman–Crippen LogP) is 3.02. The highest BCUT2D eigenvalue weighted by atomic mass is 32.2. The highest BCUT2D eigenvalue weighted by molar-refractivity contribution is 8.14. The molecular formula is C15H18O4S. The third kappa shape index (κ3) is 4.13. The van der Waals surface area contributed by atoms with Crippen LogP contribution in [-0.2, 0) is 24.8 Å². The zero-order valence-electron chi connectivity index (χ0n) is 11.8. The third-order valence-corrected chi connectivity index (χ3v) is 3.45. The van der Waals surface area contributed by atoms with Crippen molar-refractivity contribution in [2.75, 3.05) is 13.7 Å². The van der Waals surface area contributed by atoms with E-state index in [1.54, 1.807) is 0 Å². The van der Waals surface area contributed by atoms with Crippen molar-refractivity contribution in [3.8, 4) is 0 Å². The monoisotopic (exact) mass is 294 g/mol. The average Bonchev–Trinajstić information content (AvgIpc) is 2.51. The summed E-state index contributed by atoms with van der Waals surface area (Å²) >= 11 is 1.23. The SMILES string of the molecule is CC.COC(=O)CO/C=C1/C(=O)SCc2ccccc21. The van der Waals surface area contributed by atoms with Crippen LogP contribution in [0.15, 0.2) is 30.5 Å². The summed E-state index contributed by atoms with van der Waals surface area (Å²) in [4.78, 5) is 22.7. The summed E-state index contributed by atoms with van der Waals surface area (Å²) in [5.41, 5.74) is 2.45. The number of methoxy groups -OCH3 is 1. The van der Waals surface area contributed by atoms with E-state index in [1.165, 1.54) is 25.1 Å². The van der Waals surface area contributed by atoms with Crippen molar-refractivity contribution in [1.82, 2.24) is 0 Å². The number of benzene rings is 1. The van der Waals surface area contributed by atoms with Crippen LogP contribution in [0, 0.1) is 0 Å². The molecule has 108 valence electrons. The van der Waals surface area contributed by atoms with Crippen LogP contribution in [0.1, 0.15) is 25.0 Å². The van der Waals surface area contributed by atoms with Gasteiger partial charge in [-0.15, -0.1) is 0 Å². The van der Waals surface area contributed by atoms with E-state index in [4.69, 9.17) is 4.74 Å². The maximum Gasteiger partial charge on any atom is 0.343 e. The Morgan fingerprint density at radius 3 is 2.75 bits per heavy atom. The molecule has 20 heavy (non-hydrogen) atoms. The molecule has 0 N–H and O–H groups in total. The Labute approximate surface area is 123 Å². The van der Waals surface area contributed by atoms with Gasteiger partial charge in [-0.25, -0.2) is 4.79 Å². The lowest BCUT2D eigenvalue weighted by molar-refractivity contribution is -0.144. The molecule has 0 spiro atoms. The maximum atomic E-state index is 11.8. The van der Waals surface area contributed by atoms with Crippen molar-refractivity contribution in [3.05, 3.63) is 41.7 Å². The van der Waals surface area contributed by atoms with E-state index in [2.05, 4.69) is 4.74 Å². The molecule has 1 aliphatic rings. The summed E-state index contributed by atoms with van der Waals surface area (Å²) in [6, 6.07) is 7.65. The molecule has 0 saturated carbocycles. The van der Waals surface area contributed by atoms with Crippen LogP contribution in [0.2, 0.25) is 0 Å². The first-order valence-corrected chi connectivity index (χ1v) is 7.35. The number of thioether (sulfide) groups is 1. The number of carbonyl (C=O) groups is 2. The van der Waals surface area contributed by atoms with E-state index >= 15 is 0 Å². The van der Waals surface area contributed by atoms with Crippen molar-refractivity contribution < 1.29 is 19.1 Å². The summed E-state index contributed by atoms with van der Waals surface area (Å²) in [7, 11) is 1.29. The molecule has 0 atom stereocenters. The van der Waals surface area contributed by atoms with Crippen LogP contribution in [0.3, 0.4) is 0 Å². The summed E-state index contributed by atoms with van der Waals surface area (Å²) in [6.45, 7) is 3.81. The Bertz CT molecular complexity index is 508. The van der Waals surface area contributed by atoms with Gasteiger partial charge >= 0.3 is 5.97 Å². The number of fused-ring (bicyclic) bond motifs is 1. The van der Waals surface area contributed by atoms with Crippen LogP contribution >= 0.6 is 11.8 Å². The second kappa shape index (κ2) is 8.43. The van der Waals surface area contributed by atoms with E-state index in [-0.39, 0.29) is 11.7 Å². The average molecular weight is 294 g/mol. The number of rotatable bonds is 3. The quantitative estimate of drug-likeness (QED) is 0.487. The van der Waals surface area contributed by atoms with Gasteiger partial charge in [0.2, 0.25) is 5.12 Å². The van der Waals surface area contributed by atoms with Crippen LogP contribution in [-0.4, -0.2) is 24.8 Å². The molecule has 1 aromatic carbocycles. The molecule has 1 aromatic rings. The minimum atomic E-state index is -0.476. The van der Waals surface area contributed by atoms with E-state index in [9.17, 15) is 9.59 Å². The highest BCUT2D eigenvalue weighted by Crippen LogP contribution is 2.33. The van der Waals surface area contributed by atoms with Gasteiger partial charge in [0.25, 0.3) is 0 Å². The lowest BCUT2D eigenvalue weighted by atomic mass is 10.0. The van der Waals surface area contributed by atoms with Gasteiger partial charge in [0.1, 0.15) is 0 Å². The topological polar surface area (TPSA) is 52.6 Å². The molecule has 0 unspecified atom stereocenters. The van der Waals surface area contributed by atoms with E-state index in [0.29, 0.717) is 11.3 Å². The van der Waals surface area contributed by atoms with Crippen molar-refractivity contribution in [1.29, 1.82) is 0 Å². The third-order valence-electron chi connectivity index (χ3n) is 2.52. The van der Waals surface area contributed by atoms with Crippen molar-refractivity contribution in [2.45, 2.75) is 19.6 Å². The zero-order valence-corrected chi connectivity index (χ0v) is 12.7. The summed E-state index contributed by atoms with van der Waals surface area (Å²) in [5.74, 6) is 0.194. The normalized spacial score (nSPS) is 14.9. The minimum absolute atomic E-state index is 0.0430. The Kier molecular flexibility index (Phi) is 6.87. The van der Waals surface area contributed by atoms with Gasteiger partial charge in [0.15, 0.2) is 6.61 Å². The van der Waals surface area contributed by atoms with Crippen LogP contribution < -0.4 is 0 Å². The standard InChI is InChI=1S/C13H12O4S.C2H6/c1-16-12(14)7-17-6-11-10-5-3-2-4-9(10)8-18-13(11)15;1-2/h2-6H,7-8H2,1H3;1-2H3/b11-6+;. The molecule has 0 radical (unpaired) electrons. The number of hydrogen-bond acceptors (Lipinski definition) is 5. The fraction of sp³-hybridized carbons (Fsp3) is 0.333. The fourth-order valence-corrected chi connectivity index (χ4v) is 2.46. The summed E-state index contributed by atoms with van der Waals surface area (Å²) < 4.78 is 9.53. The molecule has 0 fully saturated rings. The smallest absolute Gasteiger partial charge is 0.343 e. The van der Waals surface area contributed by atoms with E-state index in [0.717, 1.165) is 11.1 Å². The number of carbonyl (C=O) groups excluding carboxylic acids is 2. The fourth-order valence-electron chi connectivity index (χ4n) is 1.60. The van der Waals surface area contributed by atoms with E-state index in [1.807, 2.05) is 38.1 Å². The first-order chi connectivity index (χ1) is 9.72. The van der Waals surface area contributed by atoms with Gasteiger partial charge in [-0.3, -0.25) is 4.79 Å². The summed E-state index contributed by atoms with van der Waals surface area (Å²) in [6.07, 6.45) is 1.34. The molecule has 0 aromatic heterocycles. The number of esters is 1.